The van der Waals surface area contributed by atoms with Crippen LogP contribution in [0.2, 0.25) is 0 Å². The second-order valence-corrected chi connectivity index (χ2v) is 6.25. The molecular weight excluding hydrogens is 316 g/mol. The molecule has 1 fully saturated rings. The van der Waals surface area contributed by atoms with Crippen molar-refractivity contribution in [2.45, 2.75) is 25.4 Å². The quantitative estimate of drug-likeness (QED) is 0.389. The summed E-state index contributed by atoms with van der Waals surface area (Å²) in [5, 5.41) is 7.99. The fraction of sp³-hybridized carbons (Fsp3) is 0.526. The zero-order chi connectivity index (χ0) is 17.3. The van der Waals surface area contributed by atoms with Crippen molar-refractivity contribution in [3.8, 4) is 0 Å². The summed E-state index contributed by atoms with van der Waals surface area (Å²) in [4.78, 5) is 7.59. The lowest BCUT2D eigenvalue weighted by atomic mass is 10.1. The molecule has 0 radical (unpaired) electrons. The van der Waals surface area contributed by atoms with Gasteiger partial charge in [0.25, 0.3) is 0 Å². The van der Waals surface area contributed by atoms with Crippen molar-refractivity contribution < 1.29 is 9.47 Å². The Morgan fingerprint density at radius 1 is 1.32 bits per heavy atom. The highest BCUT2D eigenvalue weighted by Gasteiger charge is 2.15. The second kappa shape index (κ2) is 9.44. The number of para-hydroxylation sites is 1. The summed E-state index contributed by atoms with van der Waals surface area (Å²) in [6, 6.07) is 8.39. The van der Waals surface area contributed by atoms with Crippen LogP contribution in [-0.2, 0) is 15.9 Å². The third-order valence-electron chi connectivity index (χ3n) is 4.44. The fourth-order valence-electron chi connectivity index (χ4n) is 3.05. The van der Waals surface area contributed by atoms with Gasteiger partial charge in [-0.2, -0.15) is 0 Å². The number of aromatic nitrogens is 1. The summed E-state index contributed by atoms with van der Waals surface area (Å²) in [7, 11) is 1.80. The van der Waals surface area contributed by atoms with E-state index < -0.39 is 0 Å². The molecule has 0 spiro atoms. The van der Waals surface area contributed by atoms with Gasteiger partial charge in [-0.15, -0.1) is 0 Å². The first-order valence-corrected chi connectivity index (χ1v) is 9.05. The number of nitrogens with zero attached hydrogens (tertiary/aromatic N) is 1. The van der Waals surface area contributed by atoms with Crippen LogP contribution in [0.1, 0.15) is 18.4 Å². The summed E-state index contributed by atoms with van der Waals surface area (Å²) < 4.78 is 11.1. The first kappa shape index (κ1) is 17.8. The SMILES string of the molecule is CN=C(NCCCOC1CCOC1)NCCc1c[nH]c2ccccc12. The van der Waals surface area contributed by atoms with E-state index in [1.807, 2.05) is 0 Å². The molecule has 1 unspecified atom stereocenters. The largest absolute Gasteiger partial charge is 0.379 e. The molecule has 0 saturated carbocycles. The Morgan fingerprint density at radius 2 is 2.20 bits per heavy atom. The maximum Gasteiger partial charge on any atom is 0.190 e. The van der Waals surface area contributed by atoms with Gasteiger partial charge in [-0.1, -0.05) is 18.2 Å². The zero-order valence-corrected chi connectivity index (χ0v) is 14.9. The van der Waals surface area contributed by atoms with Crippen molar-refractivity contribution in [3.05, 3.63) is 36.0 Å². The lowest BCUT2D eigenvalue weighted by molar-refractivity contribution is 0.0420. The molecule has 1 aliphatic heterocycles. The number of benzene rings is 1. The van der Waals surface area contributed by atoms with Gasteiger partial charge in [0.1, 0.15) is 0 Å². The standard InChI is InChI=1S/C19H28N4O2/c1-20-19(21-9-4-11-25-16-8-12-24-14-16)22-10-7-15-13-23-18-6-3-2-5-17(15)18/h2-3,5-6,13,16,23H,4,7-12,14H2,1H3,(H2,20,21,22). The van der Waals surface area contributed by atoms with Crippen LogP contribution in [-0.4, -0.2) is 57.0 Å². The highest BCUT2D eigenvalue weighted by molar-refractivity contribution is 5.83. The Kier molecular flexibility index (Phi) is 6.71. The van der Waals surface area contributed by atoms with E-state index >= 15 is 0 Å². The third kappa shape index (κ3) is 5.21. The Hall–Kier alpha value is -2.05. The number of rotatable bonds is 8. The first-order valence-electron chi connectivity index (χ1n) is 9.05. The minimum absolute atomic E-state index is 0.286. The predicted molar refractivity (Wildman–Crippen MR) is 101 cm³/mol. The van der Waals surface area contributed by atoms with Crippen LogP contribution >= 0.6 is 0 Å². The molecule has 6 heteroatoms. The number of hydrogen-bond acceptors (Lipinski definition) is 3. The van der Waals surface area contributed by atoms with Crippen LogP contribution < -0.4 is 10.6 Å². The molecule has 6 nitrogen and oxygen atoms in total. The number of H-pyrrole nitrogens is 1. The molecule has 1 aromatic carbocycles. The van der Waals surface area contributed by atoms with Gasteiger partial charge in [-0.05, 0) is 30.9 Å². The highest BCUT2D eigenvalue weighted by atomic mass is 16.5. The molecule has 0 aliphatic carbocycles. The lowest BCUT2D eigenvalue weighted by Gasteiger charge is -2.13. The van der Waals surface area contributed by atoms with Gasteiger partial charge >= 0.3 is 0 Å². The average Bonchev–Trinajstić information content (AvgIpc) is 3.30. The van der Waals surface area contributed by atoms with Crippen LogP contribution in [0.15, 0.2) is 35.5 Å². The molecule has 3 rings (SSSR count). The number of hydrogen-bond donors (Lipinski definition) is 3. The molecule has 136 valence electrons. The van der Waals surface area contributed by atoms with E-state index in [0.717, 1.165) is 58.1 Å². The maximum absolute atomic E-state index is 5.76. The molecule has 2 heterocycles. The molecule has 1 atom stereocenters. The van der Waals surface area contributed by atoms with Gasteiger partial charge in [0.15, 0.2) is 5.96 Å². The van der Waals surface area contributed by atoms with Gasteiger partial charge in [0, 0.05) is 50.5 Å². The number of fused-ring (bicyclic) bond motifs is 1. The fourth-order valence-corrected chi connectivity index (χ4v) is 3.05. The van der Waals surface area contributed by atoms with E-state index in [4.69, 9.17) is 9.47 Å². The maximum atomic E-state index is 5.76. The van der Waals surface area contributed by atoms with Gasteiger partial charge in [0.05, 0.1) is 12.7 Å². The van der Waals surface area contributed by atoms with E-state index in [1.165, 1.54) is 16.5 Å². The second-order valence-electron chi connectivity index (χ2n) is 6.25. The first-order chi connectivity index (χ1) is 12.4. The van der Waals surface area contributed by atoms with E-state index in [2.05, 4.69) is 51.1 Å². The van der Waals surface area contributed by atoms with E-state index in [-0.39, 0.29) is 6.10 Å². The summed E-state index contributed by atoms with van der Waals surface area (Å²) in [6.07, 6.45) is 5.31. The number of aromatic amines is 1. The minimum atomic E-state index is 0.286. The lowest BCUT2D eigenvalue weighted by Crippen LogP contribution is -2.39. The smallest absolute Gasteiger partial charge is 0.190 e. The highest BCUT2D eigenvalue weighted by Crippen LogP contribution is 2.17. The van der Waals surface area contributed by atoms with Crippen LogP contribution in [0.3, 0.4) is 0 Å². The van der Waals surface area contributed by atoms with Crippen LogP contribution in [0.25, 0.3) is 10.9 Å². The Balaban J connectivity index is 1.32. The zero-order valence-electron chi connectivity index (χ0n) is 14.9. The average molecular weight is 344 g/mol. The van der Waals surface area contributed by atoms with Crippen molar-refractivity contribution in [1.29, 1.82) is 0 Å². The molecule has 0 amide bonds. The molecule has 1 saturated heterocycles. The summed E-state index contributed by atoms with van der Waals surface area (Å²) in [5.74, 6) is 0.837. The number of ether oxygens (including phenoxy) is 2. The summed E-state index contributed by atoms with van der Waals surface area (Å²) in [5.41, 5.74) is 2.51. The van der Waals surface area contributed by atoms with Crippen LogP contribution in [0.5, 0.6) is 0 Å². The molecular formula is C19H28N4O2. The Labute approximate surface area is 149 Å². The van der Waals surface area contributed by atoms with Crippen LogP contribution in [0, 0.1) is 0 Å². The Morgan fingerprint density at radius 3 is 3.04 bits per heavy atom. The van der Waals surface area contributed by atoms with E-state index in [9.17, 15) is 0 Å². The van der Waals surface area contributed by atoms with Gasteiger partial charge in [-0.25, -0.2) is 0 Å². The van der Waals surface area contributed by atoms with E-state index in [1.54, 1.807) is 7.05 Å². The summed E-state index contributed by atoms with van der Waals surface area (Å²) in [6.45, 7) is 4.02. The van der Waals surface area contributed by atoms with Crippen molar-refractivity contribution in [3.63, 3.8) is 0 Å². The van der Waals surface area contributed by atoms with Gasteiger partial charge in [0.2, 0.25) is 0 Å². The number of aliphatic imine (C=N–C) groups is 1. The molecule has 25 heavy (non-hydrogen) atoms. The van der Waals surface area contributed by atoms with E-state index in [0.29, 0.717) is 0 Å². The Bertz CT molecular complexity index is 677. The molecule has 2 aromatic rings. The van der Waals surface area contributed by atoms with Crippen molar-refractivity contribution >= 4 is 16.9 Å². The van der Waals surface area contributed by atoms with Gasteiger partial charge in [-0.3, -0.25) is 4.99 Å². The topological polar surface area (TPSA) is 70.7 Å². The number of guanidine groups is 1. The van der Waals surface area contributed by atoms with Crippen molar-refractivity contribution in [2.24, 2.45) is 4.99 Å². The van der Waals surface area contributed by atoms with Crippen molar-refractivity contribution in [1.82, 2.24) is 15.6 Å². The third-order valence-corrected chi connectivity index (χ3v) is 4.44. The van der Waals surface area contributed by atoms with Crippen LogP contribution in [0.4, 0.5) is 0 Å². The molecule has 1 aromatic heterocycles. The number of nitrogens with one attached hydrogen (secondary N) is 3. The summed E-state index contributed by atoms with van der Waals surface area (Å²) >= 11 is 0. The molecule has 1 aliphatic rings. The predicted octanol–water partition coefficient (Wildman–Crippen LogP) is 2.07. The molecule has 0 bridgehead atoms. The molecule has 3 N–H and O–H groups in total. The van der Waals surface area contributed by atoms with Crippen molar-refractivity contribution in [2.75, 3.05) is 40.0 Å². The monoisotopic (exact) mass is 344 g/mol. The minimum Gasteiger partial charge on any atom is -0.379 e. The van der Waals surface area contributed by atoms with Gasteiger partial charge < -0.3 is 25.1 Å². The normalized spacial score (nSPS) is 18.0.